The van der Waals surface area contributed by atoms with Crippen LogP contribution in [-0.4, -0.2) is 21.3 Å². The summed E-state index contributed by atoms with van der Waals surface area (Å²) < 4.78 is 0. The molecule has 0 aliphatic rings. The van der Waals surface area contributed by atoms with Gasteiger partial charge in [-0.15, -0.1) is 0 Å². The topological polar surface area (TPSA) is 77.8 Å². The summed E-state index contributed by atoms with van der Waals surface area (Å²) >= 11 is 0. The van der Waals surface area contributed by atoms with Gasteiger partial charge in [-0.05, 0) is 47.5 Å². The van der Waals surface area contributed by atoms with E-state index < -0.39 is 5.97 Å². The first kappa shape index (κ1) is 16.1. The fraction of sp³-hybridized carbons (Fsp3) is 0. The Hall–Kier alpha value is -3.27. The van der Waals surface area contributed by atoms with Gasteiger partial charge in [0.1, 0.15) is 11.5 Å². The van der Waals surface area contributed by atoms with Crippen LogP contribution in [0.25, 0.3) is 11.1 Å². The quantitative estimate of drug-likeness (QED) is 0.664. The van der Waals surface area contributed by atoms with Crippen molar-refractivity contribution in [3.05, 3.63) is 84.4 Å². The van der Waals surface area contributed by atoms with Gasteiger partial charge in [-0.3, -0.25) is 0 Å². The zero-order valence-electron chi connectivity index (χ0n) is 12.3. The van der Waals surface area contributed by atoms with E-state index in [-0.39, 0.29) is 11.3 Å². The molecule has 0 saturated heterocycles. The molecule has 0 spiro atoms. The predicted octanol–water partition coefficient (Wildman–Crippen LogP) is 4.15. The molecule has 0 bridgehead atoms. The summed E-state index contributed by atoms with van der Waals surface area (Å²) in [5.41, 5.74) is 2.13. The van der Waals surface area contributed by atoms with Gasteiger partial charge in [-0.25, -0.2) is 4.79 Å². The van der Waals surface area contributed by atoms with Gasteiger partial charge in [0.25, 0.3) is 0 Å². The molecule has 116 valence electrons. The number of phenolic OH excluding ortho intramolecular Hbond substituents is 2. The maximum atomic E-state index is 10.7. The highest BCUT2D eigenvalue weighted by molar-refractivity contribution is 5.88. The monoisotopic (exact) mass is 308 g/mol. The Balaban J connectivity index is 0.000000229. The number of carboxylic acids is 1. The van der Waals surface area contributed by atoms with Crippen LogP contribution in [0.1, 0.15) is 10.4 Å². The average molecular weight is 308 g/mol. The maximum absolute atomic E-state index is 10.7. The summed E-state index contributed by atoms with van der Waals surface area (Å²) in [5, 5.41) is 26.5. The Bertz CT molecular complexity index is 748. The predicted molar refractivity (Wildman–Crippen MR) is 88.6 cm³/mol. The summed E-state index contributed by atoms with van der Waals surface area (Å²) in [5.74, 6) is -0.398. The van der Waals surface area contributed by atoms with Crippen LogP contribution in [0.2, 0.25) is 0 Å². The minimum absolute atomic E-state index is 0.214. The number of rotatable bonds is 2. The third-order valence-electron chi connectivity index (χ3n) is 3.09. The Labute approximate surface area is 133 Å². The van der Waals surface area contributed by atoms with Gasteiger partial charge in [0.15, 0.2) is 0 Å². The van der Waals surface area contributed by atoms with Crippen LogP contribution in [0, 0.1) is 0 Å². The van der Waals surface area contributed by atoms with Crippen molar-refractivity contribution < 1.29 is 20.1 Å². The number of hydrogen-bond acceptors (Lipinski definition) is 3. The fourth-order valence-electron chi connectivity index (χ4n) is 1.89. The summed E-state index contributed by atoms with van der Waals surface area (Å²) in [6.45, 7) is 0. The van der Waals surface area contributed by atoms with Crippen molar-refractivity contribution in [3.63, 3.8) is 0 Å². The molecule has 0 saturated carbocycles. The zero-order chi connectivity index (χ0) is 16.7. The van der Waals surface area contributed by atoms with Crippen molar-refractivity contribution in [3.8, 4) is 22.6 Å². The smallest absolute Gasteiger partial charge is 0.335 e. The molecule has 3 aromatic rings. The molecular formula is C19H16O4. The second-order valence-corrected chi connectivity index (χ2v) is 4.76. The van der Waals surface area contributed by atoms with Crippen LogP contribution in [0.4, 0.5) is 0 Å². The third-order valence-corrected chi connectivity index (χ3v) is 3.09. The lowest BCUT2D eigenvalue weighted by molar-refractivity contribution is 0.0697. The van der Waals surface area contributed by atoms with Crippen molar-refractivity contribution in [2.45, 2.75) is 0 Å². The zero-order valence-corrected chi connectivity index (χ0v) is 12.3. The van der Waals surface area contributed by atoms with E-state index in [0.29, 0.717) is 5.75 Å². The summed E-state index contributed by atoms with van der Waals surface area (Å²) in [7, 11) is 0. The number of benzene rings is 3. The van der Waals surface area contributed by atoms with E-state index in [1.807, 2.05) is 6.07 Å². The van der Waals surface area contributed by atoms with Crippen molar-refractivity contribution >= 4 is 5.97 Å². The van der Waals surface area contributed by atoms with Crippen LogP contribution in [-0.2, 0) is 0 Å². The van der Waals surface area contributed by atoms with Gasteiger partial charge in [0.2, 0.25) is 0 Å². The number of carboxylic acid groups (broad SMARTS) is 1. The maximum Gasteiger partial charge on any atom is 0.335 e. The fourth-order valence-corrected chi connectivity index (χ4v) is 1.89. The van der Waals surface area contributed by atoms with Crippen molar-refractivity contribution in [1.82, 2.24) is 0 Å². The molecule has 0 aliphatic heterocycles. The third kappa shape index (κ3) is 4.89. The summed E-state index contributed by atoms with van der Waals surface area (Å²) in [6.07, 6.45) is 0. The number of carbonyl (C=O) groups is 1. The standard InChI is InChI=1S/C13H10O3.C6H6O/c14-12-7-5-10(6-8-12)9-1-3-11(4-2-9)13(15)16;7-6-4-2-1-3-5-6/h1-8,14H,(H,15,16);1-5,7H. The van der Waals surface area contributed by atoms with Crippen LogP contribution >= 0.6 is 0 Å². The molecule has 3 N–H and O–H groups in total. The molecule has 0 heterocycles. The number of aromatic hydroxyl groups is 2. The lowest BCUT2D eigenvalue weighted by atomic mass is 10.0. The second kappa shape index (κ2) is 7.66. The molecule has 4 heteroatoms. The normalized spacial score (nSPS) is 9.57. The molecular weight excluding hydrogens is 292 g/mol. The molecule has 0 aromatic heterocycles. The van der Waals surface area contributed by atoms with Gasteiger partial charge in [0.05, 0.1) is 5.56 Å². The Kier molecular flexibility index (Phi) is 5.36. The number of para-hydroxylation sites is 1. The first-order valence-electron chi connectivity index (χ1n) is 6.93. The largest absolute Gasteiger partial charge is 0.508 e. The van der Waals surface area contributed by atoms with Crippen LogP contribution in [0.5, 0.6) is 11.5 Å². The summed E-state index contributed by atoms with van der Waals surface area (Å²) in [6, 6.07) is 22.1. The molecule has 3 aromatic carbocycles. The number of hydrogen-bond donors (Lipinski definition) is 3. The molecule has 0 atom stereocenters. The number of phenols is 2. The van der Waals surface area contributed by atoms with Gasteiger partial charge in [-0.1, -0.05) is 42.5 Å². The van der Waals surface area contributed by atoms with E-state index >= 15 is 0 Å². The molecule has 0 fully saturated rings. The van der Waals surface area contributed by atoms with Crippen LogP contribution in [0.3, 0.4) is 0 Å². The van der Waals surface area contributed by atoms with Gasteiger partial charge >= 0.3 is 5.97 Å². The first-order valence-corrected chi connectivity index (χ1v) is 6.93. The van der Waals surface area contributed by atoms with Crippen molar-refractivity contribution in [2.24, 2.45) is 0 Å². The first-order chi connectivity index (χ1) is 11.1. The van der Waals surface area contributed by atoms with E-state index in [0.717, 1.165) is 11.1 Å². The number of aromatic carboxylic acids is 1. The Morgan fingerprint density at radius 2 is 1.04 bits per heavy atom. The van der Waals surface area contributed by atoms with Gasteiger partial charge in [0, 0.05) is 0 Å². The minimum atomic E-state index is -0.933. The lowest BCUT2D eigenvalue weighted by Crippen LogP contribution is -1.94. The van der Waals surface area contributed by atoms with Crippen LogP contribution < -0.4 is 0 Å². The second-order valence-electron chi connectivity index (χ2n) is 4.76. The highest BCUT2D eigenvalue weighted by atomic mass is 16.4. The molecule has 3 rings (SSSR count). The lowest BCUT2D eigenvalue weighted by Gasteiger charge is -2.02. The molecule has 4 nitrogen and oxygen atoms in total. The van der Waals surface area contributed by atoms with Crippen molar-refractivity contribution in [1.29, 1.82) is 0 Å². The SMILES string of the molecule is O=C(O)c1ccc(-c2ccc(O)cc2)cc1.Oc1ccccc1. The van der Waals surface area contributed by atoms with Gasteiger partial charge in [-0.2, -0.15) is 0 Å². The van der Waals surface area contributed by atoms with E-state index in [9.17, 15) is 4.79 Å². The average Bonchev–Trinajstić information content (AvgIpc) is 2.57. The van der Waals surface area contributed by atoms with E-state index in [1.165, 1.54) is 0 Å². The van der Waals surface area contributed by atoms with E-state index in [1.54, 1.807) is 72.8 Å². The molecule has 23 heavy (non-hydrogen) atoms. The van der Waals surface area contributed by atoms with Gasteiger partial charge < -0.3 is 15.3 Å². The van der Waals surface area contributed by atoms with E-state index in [2.05, 4.69) is 0 Å². The molecule has 0 amide bonds. The molecule has 0 aliphatic carbocycles. The molecule has 0 radical (unpaired) electrons. The molecule has 0 unspecified atom stereocenters. The highest BCUT2D eigenvalue weighted by Gasteiger charge is 2.02. The van der Waals surface area contributed by atoms with Crippen LogP contribution in [0.15, 0.2) is 78.9 Å². The van der Waals surface area contributed by atoms with E-state index in [4.69, 9.17) is 15.3 Å². The Morgan fingerprint density at radius 3 is 1.43 bits per heavy atom. The van der Waals surface area contributed by atoms with Crippen molar-refractivity contribution in [2.75, 3.05) is 0 Å². The Morgan fingerprint density at radius 1 is 0.609 bits per heavy atom. The minimum Gasteiger partial charge on any atom is -0.508 e. The highest BCUT2D eigenvalue weighted by Crippen LogP contribution is 2.22. The summed E-state index contributed by atoms with van der Waals surface area (Å²) in [4.78, 5) is 10.7.